The fourth-order valence-corrected chi connectivity index (χ4v) is 3.41. The first kappa shape index (κ1) is 19.3. The molecule has 138 valence electrons. The van der Waals surface area contributed by atoms with Gasteiger partial charge in [-0.1, -0.05) is 35.3 Å². The molecule has 0 saturated carbocycles. The van der Waals surface area contributed by atoms with Crippen LogP contribution in [0.2, 0.25) is 10.0 Å². The lowest BCUT2D eigenvalue weighted by Crippen LogP contribution is -2.20. The second kappa shape index (κ2) is 8.47. The van der Waals surface area contributed by atoms with E-state index in [0.29, 0.717) is 26.4 Å². The summed E-state index contributed by atoms with van der Waals surface area (Å²) in [6, 6.07) is 11.5. The highest BCUT2D eigenvalue weighted by Gasteiger charge is 2.24. The molecule has 3 amide bonds. The second-order valence-electron chi connectivity index (χ2n) is 5.42. The van der Waals surface area contributed by atoms with Crippen molar-refractivity contribution in [2.24, 2.45) is 0 Å². The van der Waals surface area contributed by atoms with Gasteiger partial charge in [0, 0.05) is 15.7 Å². The normalized spacial score (nSPS) is 15.0. The van der Waals surface area contributed by atoms with Gasteiger partial charge in [0.2, 0.25) is 0 Å². The Hall–Kier alpha value is -2.48. The molecule has 27 heavy (non-hydrogen) atoms. The average Bonchev–Trinajstić information content (AvgIpc) is 2.90. The van der Waals surface area contributed by atoms with Gasteiger partial charge in [0.15, 0.2) is 6.61 Å². The summed E-state index contributed by atoms with van der Waals surface area (Å²) in [6.45, 7) is -0.197. The Bertz CT molecular complexity index is 925. The molecule has 3 rings (SSSR count). The van der Waals surface area contributed by atoms with E-state index in [0.717, 1.165) is 17.3 Å². The van der Waals surface area contributed by atoms with Crippen LogP contribution < -0.4 is 15.4 Å². The third-order valence-electron chi connectivity index (χ3n) is 3.34. The summed E-state index contributed by atoms with van der Waals surface area (Å²) >= 11 is 12.6. The highest BCUT2D eigenvalue weighted by Crippen LogP contribution is 2.26. The molecule has 2 aromatic carbocycles. The molecule has 0 spiro atoms. The minimum atomic E-state index is -0.414. The number of carbonyl (C=O) groups excluding carboxylic acids is 3. The van der Waals surface area contributed by atoms with Crippen molar-refractivity contribution in [3.8, 4) is 5.75 Å². The van der Waals surface area contributed by atoms with E-state index in [1.54, 1.807) is 48.5 Å². The molecule has 0 aromatic heterocycles. The van der Waals surface area contributed by atoms with Crippen molar-refractivity contribution in [1.82, 2.24) is 5.32 Å². The first-order valence-corrected chi connectivity index (χ1v) is 9.20. The number of halogens is 2. The van der Waals surface area contributed by atoms with Crippen LogP contribution in [0.3, 0.4) is 0 Å². The number of benzene rings is 2. The summed E-state index contributed by atoms with van der Waals surface area (Å²) in [5, 5.41) is 5.27. The lowest BCUT2D eigenvalue weighted by molar-refractivity contribution is -0.118. The smallest absolute Gasteiger partial charge is 0.290 e. The van der Waals surface area contributed by atoms with Crippen molar-refractivity contribution >= 4 is 63.8 Å². The van der Waals surface area contributed by atoms with Crippen LogP contribution in [-0.4, -0.2) is 23.7 Å². The number of imide groups is 1. The minimum Gasteiger partial charge on any atom is -0.484 e. The van der Waals surface area contributed by atoms with Crippen molar-refractivity contribution in [2.45, 2.75) is 0 Å². The molecule has 6 nitrogen and oxygen atoms in total. The Balaban J connectivity index is 1.55. The van der Waals surface area contributed by atoms with E-state index in [1.807, 2.05) is 0 Å². The Kier molecular flexibility index (Phi) is 6.05. The van der Waals surface area contributed by atoms with Crippen LogP contribution in [0.15, 0.2) is 47.4 Å². The molecule has 1 aliphatic heterocycles. The standard InChI is InChI=1S/C18H12Cl2N2O4S/c19-11-6-12(20)8-13(7-11)21-16(23)9-26-14-3-1-10(2-4-14)5-15-17(24)22-18(25)27-15/h1-8H,9H2,(H,21,23)(H,22,24,25)/b15-5-. The van der Waals surface area contributed by atoms with Gasteiger partial charge in [-0.3, -0.25) is 19.7 Å². The summed E-state index contributed by atoms with van der Waals surface area (Å²) in [5.41, 5.74) is 1.21. The number of hydrogen-bond donors (Lipinski definition) is 2. The maximum Gasteiger partial charge on any atom is 0.290 e. The van der Waals surface area contributed by atoms with Gasteiger partial charge in [0.05, 0.1) is 4.91 Å². The first-order chi connectivity index (χ1) is 12.9. The van der Waals surface area contributed by atoms with Gasteiger partial charge in [0.25, 0.3) is 17.1 Å². The van der Waals surface area contributed by atoms with Gasteiger partial charge in [-0.25, -0.2) is 0 Å². The SMILES string of the molecule is O=C(COc1ccc(/C=C2\SC(=O)NC2=O)cc1)Nc1cc(Cl)cc(Cl)c1. The summed E-state index contributed by atoms with van der Waals surface area (Å²) in [7, 11) is 0. The molecule has 2 N–H and O–H groups in total. The topological polar surface area (TPSA) is 84.5 Å². The first-order valence-electron chi connectivity index (χ1n) is 7.63. The van der Waals surface area contributed by atoms with Gasteiger partial charge in [0.1, 0.15) is 5.75 Å². The second-order valence-corrected chi connectivity index (χ2v) is 7.30. The van der Waals surface area contributed by atoms with Crippen LogP contribution in [0.4, 0.5) is 10.5 Å². The van der Waals surface area contributed by atoms with Crippen molar-refractivity contribution in [1.29, 1.82) is 0 Å². The highest BCUT2D eigenvalue weighted by atomic mass is 35.5. The quantitative estimate of drug-likeness (QED) is 0.700. The van der Waals surface area contributed by atoms with Crippen LogP contribution in [-0.2, 0) is 9.59 Å². The van der Waals surface area contributed by atoms with Gasteiger partial charge in [-0.2, -0.15) is 0 Å². The van der Waals surface area contributed by atoms with Crippen LogP contribution >= 0.6 is 35.0 Å². The van der Waals surface area contributed by atoms with Crippen molar-refractivity contribution in [3.05, 3.63) is 63.0 Å². The molecule has 0 bridgehead atoms. The van der Waals surface area contributed by atoms with Crippen LogP contribution in [0, 0.1) is 0 Å². The summed E-state index contributed by atoms with van der Waals surface area (Å²) in [6.07, 6.45) is 1.60. The molecular weight excluding hydrogens is 411 g/mol. The lowest BCUT2D eigenvalue weighted by atomic mass is 10.2. The van der Waals surface area contributed by atoms with E-state index in [9.17, 15) is 14.4 Å². The third-order valence-corrected chi connectivity index (χ3v) is 4.58. The summed E-state index contributed by atoms with van der Waals surface area (Å²) in [4.78, 5) is 35.0. The van der Waals surface area contributed by atoms with E-state index in [-0.39, 0.29) is 12.5 Å². The molecule has 1 fully saturated rings. The number of anilines is 1. The van der Waals surface area contributed by atoms with Crippen molar-refractivity contribution in [2.75, 3.05) is 11.9 Å². The highest BCUT2D eigenvalue weighted by molar-refractivity contribution is 8.18. The summed E-state index contributed by atoms with van der Waals surface area (Å²) < 4.78 is 5.43. The van der Waals surface area contributed by atoms with E-state index in [2.05, 4.69) is 10.6 Å². The van der Waals surface area contributed by atoms with Crippen molar-refractivity contribution in [3.63, 3.8) is 0 Å². The molecule has 1 heterocycles. The summed E-state index contributed by atoms with van der Waals surface area (Å²) in [5.74, 6) is -0.295. The molecule has 0 unspecified atom stereocenters. The number of ether oxygens (including phenoxy) is 1. The predicted molar refractivity (Wildman–Crippen MR) is 106 cm³/mol. The number of nitrogens with one attached hydrogen (secondary N) is 2. The Morgan fingerprint density at radius 3 is 2.37 bits per heavy atom. The molecule has 0 aliphatic carbocycles. The van der Waals surface area contributed by atoms with E-state index < -0.39 is 11.1 Å². The average molecular weight is 423 g/mol. The Labute approximate surface area is 168 Å². The van der Waals surface area contributed by atoms with Gasteiger partial charge >= 0.3 is 0 Å². The van der Waals surface area contributed by atoms with E-state index in [1.165, 1.54) is 0 Å². The van der Waals surface area contributed by atoms with E-state index in [4.69, 9.17) is 27.9 Å². The van der Waals surface area contributed by atoms with E-state index >= 15 is 0 Å². The largest absolute Gasteiger partial charge is 0.484 e. The molecule has 0 atom stereocenters. The number of thioether (sulfide) groups is 1. The lowest BCUT2D eigenvalue weighted by Gasteiger charge is -2.08. The van der Waals surface area contributed by atoms with Gasteiger partial charge < -0.3 is 10.1 Å². The Morgan fingerprint density at radius 2 is 1.78 bits per heavy atom. The number of rotatable bonds is 5. The maximum absolute atomic E-state index is 12.0. The third kappa shape index (κ3) is 5.50. The van der Waals surface area contributed by atoms with Crippen LogP contribution in [0.1, 0.15) is 5.56 Å². The molecule has 1 aliphatic rings. The number of amides is 3. The van der Waals surface area contributed by atoms with Crippen LogP contribution in [0.5, 0.6) is 5.75 Å². The molecule has 0 radical (unpaired) electrons. The fraction of sp³-hybridized carbons (Fsp3) is 0.0556. The van der Waals surface area contributed by atoms with Crippen LogP contribution in [0.25, 0.3) is 6.08 Å². The maximum atomic E-state index is 12.0. The predicted octanol–water partition coefficient (Wildman–Crippen LogP) is 4.33. The molecule has 1 saturated heterocycles. The fourth-order valence-electron chi connectivity index (χ4n) is 2.20. The zero-order valence-corrected chi connectivity index (χ0v) is 16.0. The number of carbonyl (C=O) groups is 3. The molecule has 2 aromatic rings. The van der Waals surface area contributed by atoms with Gasteiger partial charge in [-0.05, 0) is 53.7 Å². The van der Waals surface area contributed by atoms with Gasteiger partial charge in [-0.15, -0.1) is 0 Å². The Morgan fingerprint density at radius 1 is 1.11 bits per heavy atom. The zero-order valence-electron chi connectivity index (χ0n) is 13.6. The number of hydrogen-bond acceptors (Lipinski definition) is 5. The molecule has 9 heteroatoms. The monoisotopic (exact) mass is 422 g/mol. The zero-order chi connectivity index (χ0) is 19.4. The minimum absolute atomic E-state index is 0.197. The molecular formula is C18H12Cl2N2O4S. The van der Waals surface area contributed by atoms with Crippen molar-refractivity contribution < 1.29 is 19.1 Å².